The summed E-state index contributed by atoms with van der Waals surface area (Å²) in [4.78, 5) is 43.5. The highest BCUT2D eigenvalue weighted by atomic mass is 16.5. The number of hydrogen-bond donors (Lipinski definition) is 4. The molecule has 43 heavy (non-hydrogen) atoms. The van der Waals surface area contributed by atoms with Crippen molar-refractivity contribution >= 4 is 45.9 Å². The molecule has 1 aromatic heterocycles. The van der Waals surface area contributed by atoms with Crippen molar-refractivity contribution in [3.8, 4) is 0 Å². The van der Waals surface area contributed by atoms with Crippen molar-refractivity contribution in [1.29, 1.82) is 0 Å². The zero-order valence-corrected chi connectivity index (χ0v) is 24.4. The highest BCUT2D eigenvalue weighted by Gasteiger charge is 2.27. The van der Waals surface area contributed by atoms with E-state index in [0.717, 1.165) is 33.0 Å². The SMILES string of the molecule is CCOC(=O)CC1NC(=O)[C@H](Nc2ccc3c(N)nccc3c2)c2cc(C)c(c(C)c2)CCOC(=O)Nc2cccc1c2. The molecule has 2 aliphatic rings. The van der Waals surface area contributed by atoms with Crippen molar-refractivity contribution in [2.75, 3.05) is 29.6 Å². The van der Waals surface area contributed by atoms with E-state index in [1.165, 1.54) is 0 Å². The number of benzene rings is 3. The Bertz CT molecular complexity index is 1660. The molecule has 1 unspecified atom stereocenters. The number of nitrogens with two attached hydrogens (primary N) is 1. The number of hydrogen-bond acceptors (Lipinski definition) is 8. The molecule has 0 fully saturated rings. The van der Waals surface area contributed by atoms with Gasteiger partial charge in [-0.25, -0.2) is 9.78 Å². The Morgan fingerprint density at radius 1 is 1.07 bits per heavy atom. The smallest absolute Gasteiger partial charge is 0.411 e. The number of rotatable bonds is 5. The molecule has 10 nitrogen and oxygen atoms in total. The van der Waals surface area contributed by atoms with Crippen molar-refractivity contribution in [2.45, 2.75) is 45.7 Å². The highest BCUT2D eigenvalue weighted by molar-refractivity contribution is 5.94. The monoisotopic (exact) mass is 581 g/mol. The van der Waals surface area contributed by atoms with Gasteiger partial charge in [-0.15, -0.1) is 0 Å². The molecule has 4 aromatic rings. The first-order valence-corrected chi connectivity index (χ1v) is 14.2. The number of anilines is 3. The summed E-state index contributed by atoms with van der Waals surface area (Å²) in [6.07, 6.45) is 1.49. The minimum atomic E-state index is -0.806. The highest BCUT2D eigenvalue weighted by Crippen LogP contribution is 2.30. The lowest BCUT2D eigenvalue weighted by Crippen LogP contribution is -2.37. The summed E-state index contributed by atoms with van der Waals surface area (Å²) in [6, 6.07) is 16.9. The summed E-state index contributed by atoms with van der Waals surface area (Å²) in [6.45, 7) is 6.08. The van der Waals surface area contributed by atoms with Crippen LogP contribution in [0.1, 0.15) is 53.2 Å². The minimum absolute atomic E-state index is 0.0978. The van der Waals surface area contributed by atoms with E-state index >= 15 is 0 Å². The molecule has 222 valence electrons. The topological polar surface area (TPSA) is 145 Å². The molecule has 3 aromatic carbocycles. The number of fused-ring (bicyclic) bond motifs is 10. The van der Waals surface area contributed by atoms with Gasteiger partial charge in [0.2, 0.25) is 5.91 Å². The lowest BCUT2D eigenvalue weighted by atomic mass is 9.93. The Balaban J connectivity index is 1.58. The number of aromatic nitrogens is 1. The standard InChI is InChI=1S/C33H35N5O5/c1-4-42-29(39)18-28-22-6-5-7-24(17-22)37-33(41)43-13-11-26-19(2)14-23(15-20(26)3)30(32(40)38-28)36-25-8-9-27-21(16-25)10-12-35-31(27)34/h5-10,12,14-17,28,30,36H,4,11,13,18H2,1-3H3,(H2,34,35)(H,37,41)(H,38,40)/t28?,30-/m1/s1. The molecular formula is C33H35N5O5. The van der Waals surface area contributed by atoms with E-state index in [9.17, 15) is 14.4 Å². The number of carbonyl (C=O) groups excluding carboxylic acids is 3. The molecule has 2 amide bonds. The maximum Gasteiger partial charge on any atom is 0.411 e. The minimum Gasteiger partial charge on any atom is -0.466 e. The van der Waals surface area contributed by atoms with Crippen molar-refractivity contribution in [3.05, 3.63) is 94.7 Å². The number of aryl methyl sites for hydroxylation is 2. The van der Waals surface area contributed by atoms with Gasteiger partial charge >= 0.3 is 12.1 Å². The van der Waals surface area contributed by atoms with Crippen molar-refractivity contribution < 1.29 is 23.9 Å². The van der Waals surface area contributed by atoms with Crippen LogP contribution in [0, 0.1) is 13.8 Å². The molecule has 0 radical (unpaired) electrons. The molecule has 10 heteroatoms. The second-order valence-electron chi connectivity index (χ2n) is 10.5. The molecule has 0 saturated carbocycles. The number of esters is 1. The van der Waals surface area contributed by atoms with Crippen molar-refractivity contribution in [1.82, 2.24) is 10.3 Å². The van der Waals surface area contributed by atoms with Gasteiger partial charge in [0.15, 0.2) is 0 Å². The first kappa shape index (κ1) is 29.4. The summed E-state index contributed by atoms with van der Waals surface area (Å²) in [5.74, 6) is -0.362. The molecule has 0 saturated heterocycles. The maximum atomic E-state index is 14.2. The Labute approximate surface area is 250 Å². The van der Waals surface area contributed by atoms with Gasteiger partial charge in [-0.1, -0.05) is 24.3 Å². The second-order valence-corrected chi connectivity index (χ2v) is 10.5. The molecule has 5 N–H and O–H groups in total. The second kappa shape index (κ2) is 12.8. The first-order valence-electron chi connectivity index (χ1n) is 14.2. The Kier molecular flexibility index (Phi) is 8.75. The average molecular weight is 582 g/mol. The predicted octanol–water partition coefficient (Wildman–Crippen LogP) is 5.50. The largest absolute Gasteiger partial charge is 0.466 e. The molecule has 3 heterocycles. The fraction of sp³-hybridized carbons (Fsp3) is 0.273. The van der Waals surface area contributed by atoms with Crippen LogP contribution in [-0.4, -0.2) is 36.2 Å². The fourth-order valence-electron chi connectivity index (χ4n) is 5.47. The van der Waals surface area contributed by atoms with Gasteiger partial charge in [0.1, 0.15) is 11.9 Å². The van der Waals surface area contributed by atoms with Gasteiger partial charge in [-0.2, -0.15) is 0 Å². The van der Waals surface area contributed by atoms with Crippen LogP contribution in [0.5, 0.6) is 0 Å². The van der Waals surface area contributed by atoms with Crippen molar-refractivity contribution in [2.24, 2.45) is 0 Å². The zero-order valence-electron chi connectivity index (χ0n) is 24.4. The van der Waals surface area contributed by atoms with E-state index in [-0.39, 0.29) is 25.5 Å². The van der Waals surface area contributed by atoms with Crippen LogP contribution < -0.4 is 21.7 Å². The number of amides is 2. The number of nitrogen functional groups attached to an aromatic ring is 1. The molecule has 0 aliphatic carbocycles. The summed E-state index contributed by atoms with van der Waals surface area (Å²) >= 11 is 0. The number of nitrogens with zero attached hydrogens (tertiary/aromatic N) is 1. The summed E-state index contributed by atoms with van der Waals surface area (Å²) in [5.41, 5.74) is 11.6. The Morgan fingerprint density at radius 2 is 1.86 bits per heavy atom. The molecule has 0 spiro atoms. The van der Waals surface area contributed by atoms with Crippen LogP contribution in [-0.2, 0) is 25.5 Å². The fourth-order valence-corrected chi connectivity index (χ4v) is 5.47. The van der Waals surface area contributed by atoms with Gasteiger partial charge in [0, 0.05) is 29.4 Å². The Morgan fingerprint density at radius 3 is 2.63 bits per heavy atom. The van der Waals surface area contributed by atoms with Crippen LogP contribution in [0.3, 0.4) is 0 Å². The number of pyridine rings is 1. The lowest BCUT2D eigenvalue weighted by Gasteiger charge is -2.26. The van der Waals surface area contributed by atoms with E-state index in [1.54, 1.807) is 37.4 Å². The van der Waals surface area contributed by atoms with Crippen LogP contribution in [0.15, 0.2) is 66.9 Å². The molecule has 6 rings (SSSR count). The zero-order chi connectivity index (χ0) is 30.5. The van der Waals surface area contributed by atoms with E-state index < -0.39 is 24.1 Å². The lowest BCUT2D eigenvalue weighted by molar-refractivity contribution is -0.143. The van der Waals surface area contributed by atoms with Gasteiger partial charge in [0.05, 0.1) is 25.7 Å². The predicted molar refractivity (Wildman–Crippen MR) is 166 cm³/mol. The Hall–Kier alpha value is -5.12. The normalized spacial score (nSPS) is 17.1. The van der Waals surface area contributed by atoms with Crippen LogP contribution >= 0.6 is 0 Å². The third-order valence-electron chi connectivity index (χ3n) is 7.53. The van der Waals surface area contributed by atoms with Gasteiger partial charge in [-0.3, -0.25) is 14.9 Å². The third-order valence-corrected chi connectivity index (χ3v) is 7.53. The van der Waals surface area contributed by atoms with Crippen LogP contribution in [0.4, 0.5) is 22.0 Å². The van der Waals surface area contributed by atoms with Crippen LogP contribution in [0.25, 0.3) is 10.8 Å². The average Bonchev–Trinajstić information content (AvgIpc) is 2.96. The van der Waals surface area contributed by atoms with Gasteiger partial charge in [0.25, 0.3) is 0 Å². The van der Waals surface area contributed by atoms with Gasteiger partial charge < -0.3 is 25.8 Å². The molecule has 2 aliphatic heterocycles. The molecule has 2 atom stereocenters. The summed E-state index contributed by atoms with van der Waals surface area (Å²) in [5, 5.41) is 10.9. The third kappa shape index (κ3) is 6.86. The van der Waals surface area contributed by atoms with E-state index in [0.29, 0.717) is 29.2 Å². The molecular weight excluding hydrogens is 546 g/mol. The van der Waals surface area contributed by atoms with Crippen LogP contribution in [0.2, 0.25) is 0 Å². The first-order chi connectivity index (χ1) is 20.7. The molecule has 4 bridgehead atoms. The maximum absolute atomic E-state index is 14.2. The summed E-state index contributed by atoms with van der Waals surface area (Å²) < 4.78 is 10.7. The number of carbonyl (C=O) groups is 3. The number of ether oxygens (including phenoxy) is 2. The van der Waals surface area contributed by atoms with E-state index in [1.807, 2.05) is 50.2 Å². The van der Waals surface area contributed by atoms with E-state index in [4.69, 9.17) is 15.2 Å². The number of nitrogens with one attached hydrogen (secondary N) is 3. The quantitative estimate of drug-likeness (QED) is 0.226. The van der Waals surface area contributed by atoms with Gasteiger partial charge in [-0.05, 0) is 90.4 Å². The van der Waals surface area contributed by atoms with Crippen molar-refractivity contribution in [3.63, 3.8) is 0 Å². The van der Waals surface area contributed by atoms with E-state index in [2.05, 4.69) is 20.9 Å². The summed E-state index contributed by atoms with van der Waals surface area (Å²) in [7, 11) is 0.